The molecule has 0 radical (unpaired) electrons. The average molecular weight is 388 g/mol. The number of carbonyl (C=O) groups is 2. The Morgan fingerprint density at radius 1 is 1.11 bits per heavy atom. The van der Waals surface area contributed by atoms with Gasteiger partial charge in [-0.1, -0.05) is 31.2 Å². The van der Waals surface area contributed by atoms with Crippen LogP contribution in [0.4, 0.5) is 0 Å². The van der Waals surface area contributed by atoms with Gasteiger partial charge in [-0.15, -0.1) is 11.8 Å². The Hall–Kier alpha value is -2.47. The summed E-state index contributed by atoms with van der Waals surface area (Å²) >= 11 is 1.17. The minimum absolute atomic E-state index is 0.183. The molecule has 2 rings (SSSR count). The van der Waals surface area contributed by atoms with Crippen LogP contribution in [0.15, 0.2) is 53.4 Å². The predicted molar refractivity (Wildman–Crippen MR) is 108 cm³/mol. The normalized spacial score (nSPS) is 12.9. The highest BCUT2D eigenvalue weighted by Crippen LogP contribution is 2.27. The van der Waals surface area contributed by atoms with E-state index in [4.69, 9.17) is 9.84 Å². The van der Waals surface area contributed by atoms with Gasteiger partial charge in [0.25, 0.3) is 5.91 Å². The number of thioether (sulfide) groups is 1. The number of carboxylic acids is 1. The summed E-state index contributed by atoms with van der Waals surface area (Å²) in [6.45, 7) is 4.23. The second kappa shape index (κ2) is 10.0. The van der Waals surface area contributed by atoms with Crippen molar-refractivity contribution in [2.45, 2.75) is 30.4 Å². The van der Waals surface area contributed by atoms with E-state index >= 15 is 0 Å². The van der Waals surface area contributed by atoms with E-state index in [1.165, 1.54) is 17.3 Å². The molecule has 6 heteroatoms. The molecule has 0 aliphatic rings. The second-order valence-corrected chi connectivity index (χ2v) is 7.84. The quantitative estimate of drug-likeness (QED) is 0.639. The molecule has 0 heterocycles. The van der Waals surface area contributed by atoms with Gasteiger partial charge in [0.1, 0.15) is 11.0 Å². The van der Waals surface area contributed by atoms with E-state index in [-0.39, 0.29) is 11.8 Å². The van der Waals surface area contributed by atoms with Crippen LogP contribution in [0.1, 0.15) is 29.8 Å². The number of nitrogens with one attached hydrogen (secondary N) is 1. The van der Waals surface area contributed by atoms with E-state index in [0.717, 1.165) is 12.2 Å². The fourth-order valence-electron chi connectivity index (χ4n) is 2.60. The first-order valence-corrected chi connectivity index (χ1v) is 9.68. The van der Waals surface area contributed by atoms with Crippen LogP contribution in [-0.2, 0) is 11.2 Å². The number of rotatable bonds is 9. The van der Waals surface area contributed by atoms with Crippen molar-refractivity contribution in [2.75, 3.05) is 13.7 Å². The van der Waals surface area contributed by atoms with E-state index in [1.807, 2.05) is 24.3 Å². The predicted octanol–water partition coefficient (Wildman–Crippen LogP) is 3.87. The Morgan fingerprint density at radius 2 is 1.78 bits per heavy atom. The molecule has 2 aromatic carbocycles. The zero-order valence-electron chi connectivity index (χ0n) is 15.8. The van der Waals surface area contributed by atoms with E-state index in [9.17, 15) is 9.59 Å². The molecule has 0 spiro atoms. The van der Waals surface area contributed by atoms with Gasteiger partial charge in [-0.25, -0.2) is 0 Å². The SMILES string of the molecule is COc1ccc(CC(C)CNC(=O)c2ccccc2SC(C)C(=O)O)cc1. The summed E-state index contributed by atoms with van der Waals surface area (Å²) in [5.41, 5.74) is 1.69. The molecule has 0 aliphatic heterocycles. The molecule has 5 nitrogen and oxygen atoms in total. The molecule has 2 N–H and O–H groups in total. The van der Waals surface area contributed by atoms with Crippen molar-refractivity contribution in [1.82, 2.24) is 5.32 Å². The zero-order valence-corrected chi connectivity index (χ0v) is 16.6. The highest BCUT2D eigenvalue weighted by molar-refractivity contribution is 8.00. The molecule has 27 heavy (non-hydrogen) atoms. The van der Waals surface area contributed by atoms with Gasteiger partial charge >= 0.3 is 5.97 Å². The van der Waals surface area contributed by atoms with Crippen molar-refractivity contribution >= 4 is 23.6 Å². The van der Waals surface area contributed by atoms with Crippen LogP contribution in [0.5, 0.6) is 5.75 Å². The summed E-state index contributed by atoms with van der Waals surface area (Å²) in [6, 6.07) is 15.0. The summed E-state index contributed by atoms with van der Waals surface area (Å²) in [5.74, 6) is 0.00472. The van der Waals surface area contributed by atoms with E-state index < -0.39 is 11.2 Å². The fourth-order valence-corrected chi connectivity index (χ4v) is 3.52. The average Bonchev–Trinajstić information content (AvgIpc) is 2.67. The fraction of sp³-hybridized carbons (Fsp3) is 0.333. The highest BCUT2D eigenvalue weighted by atomic mass is 32.2. The molecular formula is C21H25NO4S. The van der Waals surface area contributed by atoms with Gasteiger partial charge in [-0.3, -0.25) is 9.59 Å². The maximum Gasteiger partial charge on any atom is 0.316 e. The summed E-state index contributed by atoms with van der Waals surface area (Å²) in [4.78, 5) is 24.3. The topological polar surface area (TPSA) is 75.6 Å². The number of amides is 1. The summed E-state index contributed by atoms with van der Waals surface area (Å²) in [7, 11) is 1.64. The zero-order chi connectivity index (χ0) is 19.8. The number of carboxylic acid groups (broad SMARTS) is 1. The number of methoxy groups -OCH3 is 1. The Bertz CT molecular complexity index is 776. The van der Waals surface area contributed by atoms with Crippen LogP contribution in [0.3, 0.4) is 0 Å². The molecule has 0 saturated heterocycles. The first-order chi connectivity index (χ1) is 12.9. The lowest BCUT2D eigenvalue weighted by Crippen LogP contribution is -2.29. The minimum atomic E-state index is -0.900. The lowest BCUT2D eigenvalue weighted by atomic mass is 10.0. The minimum Gasteiger partial charge on any atom is -0.497 e. The standard InChI is InChI=1S/C21H25NO4S/c1-14(12-16-8-10-17(26-3)11-9-16)13-22-20(23)18-6-4-5-7-19(18)27-15(2)21(24)25/h4-11,14-15H,12-13H2,1-3H3,(H,22,23)(H,24,25). The number of carbonyl (C=O) groups excluding carboxylic acids is 1. The monoisotopic (exact) mass is 387 g/mol. The summed E-state index contributed by atoms with van der Waals surface area (Å²) < 4.78 is 5.16. The summed E-state index contributed by atoms with van der Waals surface area (Å²) in [5, 5.41) is 11.4. The number of ether oxygens (including phenoxy) is 1. The van der Waals surface area contributed by atoms with Crippen LogP contribution < -0.4 is 10.1 Å². The second-order valence-electron chi connectivity index (χ2n) is 6.46. The molecule has 2 atom stereocenters. The molecule has 0 bridgehead atoms. The Labute approximate surface area is 164 Å². The van der Waals surface area contributed by atoms with Gasteiger partial charge in [-0.05, 0) is 49.1 Å². The molecule has 2 aromatic rings. The maximum absolute atomic E-state index is 12.6. The Morgan fingerprint density at radius 3 is 2.41 bits per heavy atom. The maximum atomic E-state index is 12.6. The van der Waals surface area contributed by atoms with Gasteiger partial charge in [0.05, 0.1) is 12.7 Å². The highest BCUT2D eigenvalue weighted by Gasteiger charge is 2.18. The van der Waals surface area contributed by atoms with Crippen LogP contribution >= 0.6 is 11.8 Å². The molecular weight excluding hydrogens is 362 g/mol. The van der Waals surface area contributed by atoms with Crippen LogP contribution in [0, 0.1) is 5.92 Å². The third-order valence-corrected chi connectivity index (χ3v) is 5.30. The molecule has 0 fully saturated rings. The molecule has 0 saturated carbocycles. The largest absolute Gasteiger partial charge is 0.497 e. The van der Waals surface area contributed by atoms with Crippen molar-refractivity contribution in [3.8, 4) is 5.75 Å². The van der Waals surface area contributed by atoms with E-state index in [0.29, 0.717) is 17.0 Å². The lowest BCUT2D eigenvalue weighted by Gasteiger charge is -2.15. The molecule has 0 aromatic heterocycles. The van der Waals surface area contributed by atoms with Crippen molar-refractivity contribution in [3.05, 3.63) is 59.7 Å². The van der Waals surface area contributed by atoms with Crippen LogP contribution in [-0.4, -0.2) is 35.9 Å². The number of hydrogen-bond acceptors (Lipinski definition) is 4. The number of benzene rings is 2. The van der Waals surface area contributed by atoms with Gasteiger partial charge in [0.2, 0.25) is 0 Å². The van der Waals surface area contributed by atoms with E-state index in [1.54, 1.807) is 38.3 Å². The van der Waals surface area contributed by atoms with Crippen LogP contribution in [0.25, 0.3) is 0 Å². The van der Waals surface area contributed by atoms with Gasteiger partial charge in [0, 0.05) is 11.4 Å². The van der Waals surface area contributed by atoms with Crippen LogP contribution in [0.2, 0.25) is 0 Å². The first kappa shape index (κ1) is 20.8. The van der Waals surface area contributed by atoms with Gasteiger partial charge in [-0.2, -0.15) is 0 Å². The molecule has 1 amide bonds. The Balaban J connectivity index is 1.93. The molecule has 144 valence electrons. The van der Waals surface area contributed by atoms with Gasteiger partial charge < -0.3 is 15.2 Å². The van der Waals surface area contributed by atoms with Crippen molar-refractivity contribution in [2.24, 2.45) is 5.92 Å². The smallest absolute Gasteiger partial charge is 0.316 e. The molecule has 2 unspecified atom stereocenters. The van der Waals surface area contributed by atoms with Crippen molar-refractivity contribution < 1.29 is 19.4 Å². The molecule has 0 aliphatic carbocycles. The van der Waals surface area contributed by atoms with Crippen molar-refractivity contribution in [3.63, 3.8) is 0 Å². The van der Waals surface area contributed by atoms with Gasteiger partial charge in [0.15, 0.2) is 0 Å². The van der Waals surface area contributed by atoms with E-state index in [2.05, 4.69) is 12.2 Å². The number of aliphatic carboxylic acids is 1. The third kappa shape index (κ3) is 6.32. The summed E-state index contributed by atoms with van der Waals surface area (Å²) in [6.07, 6.45) is 0.844. The number of hydrogen-bond donors (Lipinski definition) is 2. The lowest BCUT2D eigenvalue weighted by molar-refractivity contribution is -0.136. The first-order valence-electron chi connectivity index (χ1n) is 8.80. The Kier molecular flexibility index (Phi) is 7.73. The van der Waals surface area contributed by atoms with Crippen molar-refractivity contribution in [1.29, 1.82) is 0 Å². The third-order valence-electron chi connectivity index (χ3n) is 4.14.